The molecule has 0 aromatic heterocycles. The first-order valence-corrected chi connectivity index (χ1v) is 11.1. The Kier molecular flexibility index (Phi) is 7.53. The van der Waals surface area contributed by atoms with Crippen molar-refractivity contribution in [2.45, 2.75) is 19.4 Å². The molecule has 1 heterocycles. The lowest BCUT2D eigenvalue weighted by molar-refractivity contribution is -0.112. The number of anilines is 1. The molecule has 1 amide bonds. The third kappa shape index (κ3) is 6.69. The highest BCUT2D eigenvalue weighted by molar-refractivity contribution is 7.91. The minimum absolute atomic E-state index is 0.0176. The van der Waals surface area contributed by atoms with Crippen molar-refractivity contribution >= 4 is 27.2 Å². The van der Waals surface area contributed by atoms with Crippen molar-refractivity contribution in [1.82, 2.24) is 9.80 Å². The molecule has 8 nitrogen and oxygen atoms in total. The van der Waals surface area contributed by atoms with Crippen LogP contribution in [0.4, 0.5) is 5.69 Å². The molecule has 1 N–H and O–H groups in total. The number of likely N-dealkylation sites (N-methyl/N-ethyl adjacent to an activating group) is 1. The summed E-state index contributed by atoms with van der Waals surface area (Å²) in [6.45, 7) is 2.61. The highest BCUT2D eigenvalue weighted by Crippen LogP contribution is 2.19. The fourth-order valence-corrected chi connectivity index (χ4v) is 4.74. The van der Waals surface area contributed by atoms with E-state index in [1.165, 1.54) is 13.1 Å². The van der Waals surface area contributed by atoms with Crippen molar-refractivity contribution in [3.8, 4) is 6.07 Å². The van der Waals surface area contributed by atoms with E-state index in [0.717, 1.165) is 0 Å². The molecule has 0 bridgehead atoms. The predicted octanol–water partition coefficient (Wildman–Crippen LogP) is 1.29. The van der Waals surface area contributed by atoms with Crippen LogP contribution in [0.1, 0.15) is 23.7 Å². The Balaban J connectivity index is 2.18. The van der Waals surface area contributed by atoms with Gasteiger partial charge < -0.3 is 15.1 Å². The van der Waals surface area contributed by atoms with E-state index in [9.17, 15) is 23.3 Å². The second-order valence-corrected chi connectivity index (χ2v) is 9.57. The van der Waals surface area contributed by atoms with Crippen LogP contribution in [0, 0.1) is 11.3 Å². The maximum absolute atomic E-state index is 12.6. The summed E-state index contributed by atoms with van der Waals surface area (Å²) < 4.78 is 23.7. The Morgan fingerprint density at radius 2 is 1.90 bits per heavy atom. The van der Waals surface area contributed by atoms with Crippen LogP contribution in [0.2, 0.25) is 0 Å². The van der Waals surface area contributed by atoms with E-state index in [0.29, 0.717) is 30.8 Å². The zero-order chi connectivity index (χ0) is 21.6. The van der Waals surface area contributed by atoms with Crippen molar-refractivity contribution in [3.05, 3.63) is 41.6 Å². The lowest BCUT2D eigenvalue weighted by Gasteiger charge is -2.28. The monoisotopic (exact) mass is 418 g/mol. The number of hydrogen-bond donors (Lipinski definition) is 1. The summed E-state index contributed by atoms with van der Waals surface area (Å²) in [5.74, 6) is -0.535. The van der Waals surface area contributed by atoms with Crippen LogP contribution in [-0.2, 0) is 14.6 Å². The van der Waals surface area contributed by atoms with Gasteiger partial charge in [0.15, 0.2) is 15.6 Å². The molecule has 156 valence electrons. The molecule has 0 aliphatic carbocycles. The lowest BCUT2D eigenvalue weighted by atomic mass is 10.1. The molecule has 1 aromatic rings. The van der Waals surface area contributed by atoms with Gasteiger partial charge in [0.2, 0.25) is 0 Å². The third-order valence-corrected chi connectivity index (χ3v) is 6.44. The zero-order valence-corrected chi connectivity index (χ0v) is 17.7. The van der Waals surface area contributed by atoms with E-state index in [1.807, 2.05) is 25.1 Å². The minimum atomic E-state index is -3.10. The first kappa shape index (κ1) is 22.6. The highest BCUT2D eigenvalue weighted by atomic mass is 32.2. The van der Waals surface area contributed by atoms with Gasteiger partial charge >= 0.3 is 0 Å². The molecule has 1 fully saturated rings. The zero-order valence-electron chi connectivity index (χ0n) is 16.9. The Bertz CT molecular complexity index is 930. The fraction of sp³-hybridized carbons (Fsp3) is 0.450. The summed E-state index contributed by atoms with van der Waals surface area (Å²) in [6.07, 6.45) is 1.92. The highest BCUT2D eigenvalue weighted by Gasteiger charge is 2.31. The van der Waals surface area contributed by atoms with Crippen LogP contribution in [0.15, 0.2) is 36.0 Å². The van der Waals surface area contributed by atoms with E-state index in [1.54, 1.807) is 29.2 Å². The van der Waals surface area contributed by atoms with Gasteiger partial charge in [-0.25, -0.2) is 8.42 Å². The summed E-state index contributed by atoms with van der Waals surface area (Å²) in [5, 5.41) is 12.1. The second-order valence-electron chi connectivity index (χ2n) is 7.34. The Morgan fingerprint density at radius 3 is 2.38 bits per heavy atom. The SMILES string of the molecule is CC(=O)c1ccc(NC(=O)/C(C#N)=C\N(CCN(C)C)C2CCS(=O)(=O)C2)cc1. The van der Waals surface area contributed by atoms with Crippen LogP contribution < -0.4 is 5.32 Å². The second kappa shape index (κ2) is 9.67. The van der Waals surface area contributed by atoms with E-state index < -0.39 is 15.7 Å². The maximum atomic E-state index is 12.6. The van der Waals surface area contributed by atoms with Gasteiger partial charge in [0, 0.05) is 36.6 Å². The van der Waals surface area contributed by atoms with Gasteiger partial charge in [-0.05, 0) is 51.7 Å². The standard InChI is InChI=1S/C20H26N4O4S/c1-15(25)16-4-6-18(7-5-16)22-20(26)17(12-21)13-24(10-9-23(2)3)19-8-11-29(27,28)14-19/h4-7,13,19H,8-11,14H2,1-3H3,(H,22,26)/b17-13-. The Hall–Kier alpha value is -2.70. The van der Waals surface area contributed by atoms with Crippen LogP contribution in [0.25, 0.3) is 0 Å². The summed E-state index contributed by atoms with van der Waals surface area (Å²) >= 11 is 0. The number of sulfone groups is 1. The van der Waals surface area contributed by atoms with E-state index in [2.05, 4.69) is 5.32 Å². The number of benzene rings is 1. The number of nitriles is 1. The number of rotatable bonds is 8. The molecule has 1 aliphatic heterocycles. The molecular weight excluding hydrogens is 392 g/mol. The number of Topliss-reactive ketones (excluding diaryl/α,β-unsaturated/α-hetero) is 1. The van der Waals surface area contributed by atoms with Crippen molar-refractivity contribution in [1.29, 1.82) is 5.26 Å². The molecule has 0 spiro atoms. The van der Waals surface area contributed by atoms with Crippen LogP contribution in [-0.4, -0.2) is 74.6 Å². The van der Waals surface area contributed by atoms with Crippen molar-refractivity contribution in [3.63, 3.8) is 0 Å². The van der Waals surface area contributed by atoms with E-state index in [4.69, 9.17) is 0 Å². The fourth-order valence-electron chi connectivity index (χ4n) is 3.00. The molecule has 1 aromatic carbocycles. The number of ketones is 1. The number of nitrogens with zero attached hydrogens (tertiary/aromatic N) is 3. The topological polar surface area (TPSA) is 111 Å². The van der Waals surface area contributed by atoms with E-state index >= 15 is 0 Å². The molecule has 1 atom stereocenters. The number of carbonyl (C=O) groups is 2. The van der Waals surface area contributed by atoms with Gasteiger partial charge in [-0.1, -0.05) is 0 Å². The molecule has 1 unspecified atom stereocenters. The number of hydrogen-bond acceptors (Lipinski definition) is 7. The number of carbonyl (C=O) groups excluding carboxylic acids is 2. The summed E-state index contributed by atoms with van der Waals surface area (Å²) in [4.78, 5) is 27.6. The van der Waals surface area contributed by atoms with E-state index in [-0.39, 0.29) is 28.9 Å². The molecule has 0 radical (unpaired) electrons. The van der Waals surface area contributed by atoms with Gasteiger partial charge in [0.05, 0.1) is 11.5 Å². The molecule has 29 heavy (non-hydrogen) atoms. The van der Waals surface area contributed by atoms with Crippen LogP contribution in [0.5, 0.6) is 0 Å². The Labute approximate surface area is 171 Å². The van der Waals surface area contributed by atoms with Gasteiger partial charge in [0.1, 0.15) is 11.6 Å². The lowest BCUT2D eigenvalue weighted by Crippen LogP contribution is -2.37. The van der Waals surface area contributed by atoms with Crippen molar-refractivity contribution < 1.29 is 18.0 Å². The molecule has 9 heteroatoms. The smallest absolute Gasteiger partial charge is 0.267 e. The average Bonchev–Trinajstić information content (AvgIpc) is 3.01. The van der Waals surface area contributed by atoms with Crippen LogP contribution in [0.3, 0.4) is 0 Å². The minimum Gasteiger partial charge on any atom is -0.371 e. The van der Waals surface area contributed by atoms with Gasteiger partial charge in [0.25, 0.3) is 5.91 Å². The van der Waals surface area contributed by atoms with Gasteiger partial charge in [-0.3, -0.25) is 9.59 Å². The van der Waals surface area contributed by atoms with Gasteiger partial charge in [-0.15, -0.1) is 0 Å². The molecular formula is C20H26N4O4S. The molecule has 1 saturated heterocycles. The largest absolute Gasteiger partial charge is 0.371 e. The summed E-state index contributed by atoms with van der Waals surface area (Å²) in [7, 11) is 0.700. The number of amides is 1. The summed E-state index contributed by atoms with van der Waals surface area (Å²) in [6, 6.07) is 8.03. The normalized spacial score (nSPS) is 18.3. The van der Waals surface area contributed by atoms with Crippen LogP contribution >= 0.6 is 0 Å². The molecule has 0 saturated carbocycles. The van der Waals surface area contributed by atoms with Crippen molar-refractivity contribution in [2.24, 2.45) is 0 Å². The summed E-state index contributed by atoms with van der Waals surface area (Å²) in [5.41, 5.74) is 0.879. The first-order chi connectivity index (χ1) is 13.6. The average molecular weight is 419 g/mol. The first-order valence-electron chi connectivity index (χ1n) is 9.26. The van der Waals surface area contributed by atoms with Crippen molar-refractivity contribution in [2.75, 3.05) is 44.0 Å². The molecule has 2 rings (SSSR count). The molecule has 1 aliphatic rings. The van der Waals surface area contributed by atoms with Gasteiger partial charge in [-0.2, -0.15) is 5.26 Å². The third-order valence-electron chi connectivity index (χ3n) is 4.69. The predicted molar refractivity (Wildman–Crippen MR) is 111 cm³/mol. The Morgan fingerprint density at radius 1 is 1.24 bits per heavy atom. The number of nitrogens with one attached hydrogen (secondary N) is 1. The maximum Gasteiger partial charge on any atom is 0.267 e. The quantitative estimate of drug-likeness (QED) is 0.385.